The largest absolute Gasteiger partial charge is 0.445 e. The standard InChI is InChI=1S/C25H26N4O4/c1-3-28-22(29-23(30)20-13-7-8-14-21(20)24(29)31)19(16-26-28)12-9-15-27(2)25(32)33-17-18-10-5-4-6-11-18/h4-8,10-11,13-14,16H,3,9,12,15,17H2,1-2H3. The number of carbonyl (C=O) groups is 3. The molecule has 0 spiro atoms. The van der Waals surface area contributed by atoms with Crippen LogP contribution in [0.15, 0.2) is 60.8 Å². The summed E-state index contributed by atoms with van der Waals surface area (Å²) < 4.78 is 7.02. The minimum Gasteiger partial charge on any atom is -0.445 e. The molecule has 8 heteroatoms. The van der Waals surface area contributed by atoms with Crippen LogP contribution in [0.5, 0.6) is 0 Å². The quantitative estimate of drug-likeness (QED) is 0.490. The highest BCUT2D eigenvalue weighted by Crippen LogP contribution is 2.31. The molecule has 3 aromatic rings. The van der Waals surface area contributed by atoms with Crippen molar-refractivity contribution in [3.8, 4) is 0 Å². The summed E-state index contributed by atoms with van der Waals surface area (Å²) >= 11 is 0. The number of imide groups is 1. The van der Waals surface area contributed by atoms with E-state index in [-0.39, 0.29) is 18.4 Å². The summed E-state index contributed by atoms with van der Waals surface area (Å²) in [5, 5.41) is 4.37. The van der Waals surface area contributed by atoms with E-state index in [0.717, 1.165) is 11.1 Å². The van der Waals surface area contributed by atoms with Crippen molar-refractivity contribution in [3.63, 3.8) is 0 Å². The number of ether oxygens (including phenoxy) is 1. The Labute approximate surface area is 192 Å². The number of hydrogen-bond donors (Lipinski definition) is 0. The number of benzene rings is 2. The third kappa shape index (κ3) is 4.50. The van der Waals surface area contributed by atoms with Gasteiger partial charge in [-0.15, -0.1) is 0 Å². The van der Waals surface area contributed by atoms with Crippen LogP contribution in [-0.4, -0.2) is 46.2 Å². The molecule has 0 fully saturated rings. The van der Waals surface area contributed by atoms with Gasteiger partial charge in [-0.3, -0.25) is 9.59 Å². The lowest BCUT2D eigenvalue weighted by molar-refractivity contribution is 0.0922. The Hall–Kier alpha value is -3.94. The van der Waals surface area contributed by atoms with E-state index in [2.05, 4.69) is 5.10 Å². The zero-order chi connectivity index (χ0) is 23.4. The van der Waals surface area contributed by atoms with Gasteiger partial charge >= 0.3 is 6.09 Å². The molecule has 0 bridgehead atoms. The molecule has 1 aromatic heterocycles. The average molecular weight is 447 g/mol. The highest BCUT2D eigenvalue weighted by molar-refractivity contribution is 6.34. The van der Waals surface area contributed by atoms with Crippen molar-refractivity contribution in [3.05, 3.63) is 83.0 Å². The lowest BCUT2D eigenvalue weighted by Crippen LogP contribution is -2.32. The van der Waals surface area contributed by atoms with Crippen molar-refractivity contribution in [2.24, 2.45) is 0 Å². The molecule has 2 aromatic carbocycles. The van der Waals surface area contributed by atoms with E-state index in [4.69, 9.17) is 4.74 Å². The number of aromatic nitrogens is 2. The molecule has 0 atom stereocenters. The Morgan fingerprint density at radius 1 is 1.00 bits per heavy atom. The van der Waals surface area contributed by atoms with Gasteiger partial charge in [0.05, 0.1) is 17.3 Å². The topological polar surface area (TPSA) is 84.7 Å². The maximum absolute atomic E-state index is 13.0. The molecule has 1 aliphatic heterocycles. The second kappa shape index (κ2) is 9.68. The van der Waals surface area contributed by atoms with Crippen LogP contribution in [0.2, 0.25) is 0 Å². The molecule has 0 unspecified atom stereocenters. The smallest absolute Gasteiger partial charge is 0.409 e. The molecule has 1 aliphatic rings. The fourth-order valence-electron chi connectivity index (χ4n) is 3.89. The van der Waals surface area contributed by atoms with Crippen molar-refractivity contribution >= 4 is 23.7 Å². The van der Waals surface area contributed by atoms with Gasteiger partial charge in [0.1, 0.15) is 12.4 Å². The molecule has 4 rings (SSSR count). The summed E-state index contributed by atoms with van der Waals surface area (Å²) in [5.41, 5.74) is 2.52. The third-order valence-corrected chi connectivity index (χ3v) is 5.65. The maximum atomic E-state index is 13.0. The number of nitrogens with zero attached hydrogens (tertiary/aromatic N) is 4. The van der Waals surface area contributed by atoms with Gasteiger partial charge in [0.25, 0.3) is 11.8 Å². The Bertz CT molecular complexity index is 1140. The second-order valence-corrected chi connectivity index (χ2v) is 7.87. The van der Waals surface area contributed by atoms with Crippen LogP contribution in [0.25, 0.3) is 0 Å². The highest BCUT2D eigenvalue weighted by atomic mass is 16.6. The van der Waals surface area contributed by atoms with Gasteiger partial charge in [0.15, 0.2) is 0 Å². The number of carbonyl (C=O) groups excluding carboxylic acids is 3. The number of amides is 3. The number of rotatable bonds is 8. The van der Waals surface area contributed by atoms with E-state index in [1.54, 1.807) is 42.2 Å². The predicted octanol–water partition coefficient (Wildman–Crippen LogP) is 3.90. The molecular weight excluding hydrogens is 420 g/mol. The molecule has 2 heterocycles. The van der Waals surface area contributed by atoms with E-state index in [1.165, 1.54) is 9.80 Å². The van der Waals surface area contributed by atoms with Crippen molar-refractivity contribution < 1.29 is 19.1 Å². The molecule has 170 valence electrons. The Balaban J connectivity index is 1.40. The number of hydrogen-bond acceptors (Lipinski definition) is 5. The van der Waals surface area contributed by atoms with Crippen LogP contribution in [0.4, 0.5) is 10.6 Å². The lowest BCUT2D eigenvalue weighted by atomic mass is 10.1. The van der Waals surface area contributed by atoms with Gasteiger partial charge < -0.3 is 9.64 Å². The first-order valence-corrected chi connectivity index (χ1v) is 11.0. The fraction of sp³-hybridized carbons (Fsp3) is 0.280. The van der Waals surface area contributed by atoms with Crippen molar-refractivity contribution in [2.45, 2.75) is 32.9 Å². The van der Waals surface area contributed by atoms with E-state index in [0.29, 0.717) is 42.9 Å². The van der Waals surface area contributed by atoms with Gasteiger partial charge in [0.2, 0.25) is 0 Å². The zero-order valence-electron chi connectivity index (χ0n) is 18.7. The van der Waals surface area contributed by atoms with Gasteiger partial charge in [-0.2, -0.15) is 5.10 Å². The molecule has 0 aliphatic carbocycles. The predicted molar refractivity (Wildman–Crippen MR) is 123 cm³/mol. The maximum Gasteiger partial charge on any atom is 0.409 e. The van der Waals surface area contributed by atoms with E-state index in [1.807, 2.05) is 37.3 Å². The fourth-order valence-corrected chi connectivity index (χ4v) is 3.89. The number of anilines is 1. The van der Waals surface area contributed by atoms with E-state index >= 15 is 0 Å². The average Bonchev–Trinajstić information content (AvgIpc) is 3.35. The van der Waals surface area contributed by atoms with Crippen molar-refractivity contribution in [1.82, 2.24) is 14.7 Å². The summed E-state index contributed by atoms with van der Waals surface area (Å²) in [7, 11) is 1.69. The molecular formula is C25H26N4O4. The van der Waals surface area contributed by atoms with Crippen LogP contribution in [0.3, 0.4) is 0 Å². The summed E-state index contributed by atoms with van der Waals surface area (Å²) in [4.78, 5) is 41.0. The lowest BCUT2D eigenvalue weighted by Gasteiger charge is -2.19. The molecule has 3 amide bonds. The zero-order valence-corrected chi connectivity index (χ0v) is 18.7. The monoisotopic (exact) mass is 446 g/mol. The molecule has 0 saturated carbocycles. The van der Waals surface area contributed by atoms with Gasteiger partial charge in [0, 0.05) is 25.7 Å². The first-order chi connectivity index (χ1) is 16.0. The van der Waals surface area contributed by atoms with Crippen molar-refractivity contribution in [1.29, 1.82) is 0 Å². The normalized spacial score (nSPS) is 12.7. The third-order valence-electron chi connectivity index (χ3n) is 5.65. The summed E-state index contributed by atoms with van der Waals surface area (Å²) in [6.45, 7) is 3.12. The first-order valence-electron chi connectivity index (χ1n) is 11.0. The summed E-state index contributed by atoms with van der Waals surface area (Å²) in [5.74, 6) is -0.180. The first kappa shape index (κ1) is 22.3. The molecule has 0 radical (unpaired) electrons. The Morgan fingerprint density at radius 2 is 1.64 bits per heavy atom. The number of fused-ring (bicyclic) bond motifs is 1. The van der Waals surface area contributed by atoms with Crippen LogP contribution in [0.1, 0.15) is 45.2 Å². The van der Waals surface area contributed by atoms with Gasteiger partial charge in [-0.1, -0.05) is 42.5 Å². The van der Waals surface area contributed by atoms with Crippen LogP contribution in [0, 0.1) is 0 Å². The Morgan fingerprint density at radius 3 is 2.27 bits per heavy atom. The second-order valence-electron chi connectivity index (χ2n) is 7.87. The molecule has 0 N–H and O–H groups in total. The molecule has 0 saturated heterocycles. The minimum atomic E-state index is -0.399. The van der Waals surface area contributed by atoms with Crippen LogP contribution in [-0.2, 0) is 24.3 Å². The highest BCUT2D eigenvalue weighted by Gasteiger charge is 2.39. The van der Waals surface area contributed by atoms with Gasteiger partial charge in [-0.25, -0.2) is 14.4 Å². The minimum absolute atomic E-state index is 0.219. The molecule has 33 heavy (non-hydrogen) atoms. The van der Waals surface area contributed by atoms with Gasteiger partial charge in [-0.05, 0) is 37.5 Å². The SMILES string of the molecule is CCn1ncc(CCCN(C)C(=O)OCc2ccccc2)c1N1C(=O)c2ccccc2C1=O. The molecule has 8 nitrogen and oxygen atoms in total. The van der Waals surface area contributed by atoms with E-state index < -0.39 is 6.09 Å². The summed E-state index contributed by atoms with van der Waals surface area (Å²) in [6.07, 6.45) is 2.47. The van der Waals surface area contributed by atoms with Crippen molar-refractivity contribution in [2.75, 3.05) is 18.5 Å². The summed E-state index contributed by atoms with van der Waals surface area (Å²) in [6, 6.07) is 16.3. The van der Waals surface area contributed by atoms with Crippen LogP contribution < -0.4 is 4.90 Å². The van der Waals surface area contributed by atoms with Crippen LogP contribution >= 0.6 is 0 Å². The van der Waals surface area contributed by atoms with E-state index in [9.17, 15) is 14.4 Å². The number of aryl methyl sites for hydroxylation is 2. The Kier molecular flexibility index (Phi) is 6.53.